The number of sulfone groups is 1. The van der Waals surface area contributed by atoms with Crippen molar-refractivity contribution >= 4 is 26.8 Å². The molecular formula is C18H25N3O3S. The van der Waals surface area contributed by atoms with E-state index in [0.717, 1.165) is 18.4 Å². The van der Waals surface area contributed by atoms with Gasteiger partial charge < -0.3 is 14.8 Å². The van der Waals surface area contributed by atoms with Crippen LogP contribution >= 0.6 is 0 Å². The molecule has 7 heteroatoms. The number of nitrogens with one attached hydrogen (secondary N) is 1. The van der Waals surface area contributed by atoms with Crippen LogP contribution in [0.2, 0.25) is 0 Å². The summed E-state index contributed by atoms with van der Waals surface area (Å²) in [5, 5.41) is 4.14. The smallest absolute Gasteiger partial charge is 0.317 e. The molecule has 25 heavy (non-hydrogen) atoms. The SMILES string of the molecule is CS(=O)(=O)C[C@H]1CCCN(C(=O)NCCn2ccc3ccccc32)C1. The largest absolute Gasteiger partial charge is 0.346 e. The first-order valence-electron chi connectivity index (χ1n) is 8.67. The minimum atomic E-state index is -3.00. The number of hydrogen-bond donors (Lipinski definition) is 1. The van der Waals surface area contributed by atoms with Gasteiger partial charge in [-0.25, -0.2) is 13.2 Å². The maximum absolute atomic E-state index is 12.4. The number of rotatable bonds is 5. The van der Waals surface area contributed by atoms with E-state index in [9.17, 15) is 13.2 Å². The van der Waals surface area contributed by atoms with Crippen molar-refractivity contribution in [3.8, 4) is 0 Å². The van der Waals surface area contributed by atoms with Crippen LogP contribution in [0.1, 0.15) is 12.8 Å². The molecule has 1 aromatic carbocycles. The second-order valence-corrected chi connectivity index (χ2v) is 9.03. The van der Waals surface area contributed by atoms with Crippen molar-refractivity contribution in [2.75, 3.05) is 31.6 Å². The van der Waals surface area contributed by atoms with Crippen molar-refractivity contribution in [3.05, 3.63) is 36.5 Å². The molecule has 2 aromatic rings. The molecule has 0 saturated carbocycles. The lowest BCUT2D eigenvalue weighted by Crippen LogP contribution is -2.47. The van der Waals surface area contributed by atoms with E-state index in [1.165, 1.54) is 11.6 Å². The zero-order valence-corrected chi connectivity index (χ0v) is 15.3. The van der Waals surface area contributed by atoms with Crippen LogP contribution in [0, 0.1) is 5.92 Å². The van der Waals surface area contributed by atoms with Gasteiger partial charge in [0, 0.05) is 44.1 Å². The summed E-state index contributed by atoms with van der Waals surface area (Å²) in [5.74, 6) is 0.203. The van der Waals surface area contributed by atoms with E-state index in [0.29, 0.717) is 26.2 Å². The summed E-state index contributed by atoms with van der Waals surface area (Å²) in [4.78, 5) is 14.1. The molecule has 0 unspecified atom stereocenters. The van der Waals surface area contributed by atoms with Gasteiger partial charge in [-0.3, -0.25) is 0 Å². The van der Waals surface area contributed by atoms with Gasteiger partial charge in [-0.1, -0.05) is 18.2 Å². The third-order valence-corrected chi connectivity index (χ3v) is 5.73. The molecule has 1 N–H and O–H groups in total. The molecule has 1 fully saturated rings. The second kappa shape index (κ2) is 7.47. The summed E-state index contributed by atoms with van der Waals surface area (Å²) >= 11 is 0. The van der Waals surface area contributed by atoms with Crippen molar-refractivity contribution in [1.82, 2.24) is 14.8 Å². The van der Waals surface area contributed by atoms with Crippen molar-refractivity contribution in [1.29, 1.82) is 0 Å². The Morgan fingerprint density at radius 3 is 2.88 bits per heavy atom. The number of amides is 2. The molecule has 0 bridgehead atoms. The van der Waals surface area contributed by atoms with Crippen molar-refractivity contribution in [3.63, 3.8) is 0 Å². The highest BCUT2D eigenvalue weighted by Crippen LogP contribution is 2.18. The minimum Gasteiger partial charge on any atom is -0.346 e. The molecule has 0 radical (unpaired) electrons. The number of para-hydroxylation sites is 1. The molecule has 1 atom stereocenters. The fraction of sp³-hybridized carbons (Fsp3) is 0.500. The minimum absolute atomic E-state index is 0.0443. The molecule has 1 saturated heterocycles. The van der Waals surface area contributed by atoms with Crippen LogP contribution in [-0.4, -0.2) is 55.6 Å². The van der Waals surface area contributed by atoms with Crippen LogP contribution in [0.3, 0.4) is 0 Å². The Morgan fingerprint density at radius 2 is 2.08 bits per heavy atom. The lowest BCUT2D eigenvalue weighted by atomic mass is 10.0. The van der Waals surface area contributed by atoms with Crippen LogP contribution in [0.5, 0.6) is 0 Å². The lowest BCUT2D eigenvalue weighted by molar-refractivity contribution is 0.170. The summed E-state index contributed by atoms with van der Waals surface area (Å²) in [6.07, 6.45) is 5.01. The molecule has 3 rings (SSSR count). The van der Waals surface area contributed by atoms with Gasteiger partial charge in [0.2, 0.25) is 0 Å². The summed E-state index contributed by atoms with van der Waals surface area (Å²) < 4.78 is 25.1. The van der Waals surface area contributed by atoms with Gasteiger partial charge in [-0.15, -0.1) is 0 Å². The third kappa shape index (κ3) is 4.75. The van der Waals surface area contributed by atoms with E-state index in [-0.39, 0.29) is 17.7 Å². The first kappa shape index (κ1) is 17.8. The van der Waals surface area contributed by atoms with E-state index < -0.39 is 9.84 Å². The highest BCUT2D eigenvalue weighted by atomic mass is 32.2. The van der Waals surface area contributed by atoms with Crippen molar-refractivity contribution < 1.29 is 13.2 Å². The zero-order chi connectivity index (χ0) is 17.9. The number of aromatic nitrogens is 1. The number of carbonyl (C=O) groups excluding carboxylic acids is 1. The van der Waals surface area contributed by atoms with Crippen LogP contribution < -0.4 is 5.32 Å². The van der Waals surface area contributed by atoms with Gasteiger partial charge >= 0.3 is 6.03 Å². The molecule has 0 aliphatic carbocycles. The lowest BCUT2D eigenvalue weighted by Gasteiger charge is -2.32. The Bertz CT molecular complexity index is 844. The van der Waals surface area contributed by atoms with E-state index in [4.69, 9.17) is 0 Å². The standard InChI is InChI=1S/C18H25N3O3S/c1-25(23,24)14-15-5-4-10-21(13-15)18(22)19-9-12-20-11-8-16-6-2-3-7-17(16)20/h2-3,6-8,11,15H,4-5,9-10,12-14H2,1H3,(H,19,22)/t15-/m0/s1. The number of piperidine rings is 1. The molecule has 1 aliphatic heterocycles. The van der Waals surface area contributed by atoms with Gasteiger partial charge in [0.25, 0.3) is 0 Å². The van der Waals surface area contributed by atoms with Gasteiger partial charge in [0.1, 0.15) is 9.84 Å². The van der Waals surface area contributed by atoms with Gasteiger partial charge in [0.05, 0.1) is 5.75 Å². The van der Waals surface area contributed by atoms with E-state index in [2.05, 4.69) is 28.1 Å². The number of urea groups is 1. The summed E-state index contributed by atoms with van der Waals surface area (Å²) in [6.45, 7) is 2.47. The van der Waals surface area contributed by atoms with Crippen molar-refractivity contribution in [2.45, 2.75) is 19.4 Å². The van der Waals surface area contributed by atoms with Crippen LogP contribution in [-0.2, 0) is 16.4 Å². The molecule has 2 amide bonds. The fourth-order valence-corrected chi connectivity index (χ4v) is 4.67. The number of nitrogens with zero attached hydrogens (tertiary/aromatic N) is 2. The average molecular weight is 363 g/mol. The molecule has 1 aromatic heterocycles. The zero-order valence-electron chi connectivity index (χ0n) is 14.5. The van der Waals surface area contributed by atoms with Crippen LogP contribution in [0.25, 0.3) is 10.9 Å². The molecule has 0 spiro atoms. The molecule has 2 heterocycles. The Kier molecular flexibility index (Phi) is 5.32. The predicted molar refractivity (Wildman–Crippen MR) is 99.3 cm³/mol. The highest BCUT2D eigenvalue weighted by Gasteiger charge is 2.25. The van der Waals surface area contributed by atoms with Gasteiger partial charge in [-0.05, 0) is 36.3 Å². The average Bonchev–Trinajstić information content (AvgIpc) is 2.97. The first-order chi connectivity index (χ1) is 11.9. The predicted octanol–water partition coefficient (Wildman–Crippen LogP) is 2.11. The molecule has 6 nitrogen and oxygen atoms in total. The van der Waals surface area contributed by atoms with E-state index >= 15 is 0 Å². The number of hydrogen-bond acceptors (Lipinski definition) is 3. The maximum Gasteiger partial charge on any atom is 0.317 e. The highest BCUT2D eigenvalue weighted by molar-refractivity contribution is 7.90. The Hall–Kier alpha value is -2.02. The molecular weight excluding hydrogens is 338 g/mol. The van der Waals surface area contributed by atoms with Crippen LogP contribution in [0.4, 0.5) is 4.79 Å². The third-order valence-electron chi connectivity index (χ3n) is 4.65. The van der Waals surface area contributed by atoms with Gasteiger partial charge in [0.15, 0.2) is 0 Å². The Balaban J connectivity index is 1.50. The van der Waals surface area contributed by atoms with Gasteiger partial charge in [-0.2, -0.15) is 0 Å². The first-order valence-corrected chi connectivity index (χ1v) is 10.7. The maximum atomic E-state index is 12.4. The summed E-state index contributed by atoms with van der Waals surface area (Å²) in [7, 11) is -3.00. The van der Waals surface area contributed by atoms with E-state index in [1.807, 2.05) is 18.3 Å². The Morgan fingerprint density at radius 1 is 1.28 bits per heavy atom. The van der Waals surface area contributed by atoms with Crippen LogP contribution in [0.15, 0.2) is 36.5 Å². The fourth-order valence-electron chi connectivity index (χ4n) is 3.54. The summed E-state index contributed by atoms with van der Waals surface area (Å²) in [6, 6.07) is 10.1. The number of fused-ring (bicyclic) bond motifs is 1. The number of benzene rings is 1. The molecule has 136 valence electrons. The molecule has 1 aliphatic rings. The van der Waals surface area contributed by atoms with Crippen molar-refractivity contribution in [2.24, 2.45) is 5.92 Å². The number of likely N-dealkylation sites (tertiary alicyclic amines) is 1. The normalized spacial score (nSPS) is 18.4. The second-order valence-electron chi connectivity index (χ2n) is 6.85. The number of carbonyl (C=O) groups is 1. The topological polar surface area (TPSA) is 71.4 Å². The Labute approximate surface area is 148 Å². The quantitative estimate of drug-likeness (QED) is 0.884. The van der Waals surface area contributed by atoms with E-state index in [1.54, 1.807) is 4.90 Å². The summed E-state index contributed by atoms with van der Waals surface area (Å²) in [5.41, 5.74) is 1.16. The monoisotopic (exact) mass is 363 g/mol.